The number of aliphatic imine (C=N–C) groups is 1. The maximum Gasteiger partial charge on any atom is 0.0562 e. The summed E-state index contributed by atoms with van der Waals surface area (Å²) < 4.78 is 0. The second kappa shape index (κ2) is 6.67. The SMILES string of the molecule is C=C(C)C(C)(C)C(C)/N=C(\C=C/CC)CC. The first kappa shape index (κ1) is 15.2. The van der Waals surface area contributed by atoms with Gasteiger partial charge in [-0.25, -0.2) is 0 Å². The molecule has 0 heterocycles. The van der Waals surface area contributed by atoms with E-state index >= 15 is 0 Å². The number of hydrogen-bond acceptors (Lipinski definition) is 1. The zero-order chi connectivity index (χ0) is 12.8. The molecule has 0 fully saturated rings. The third kappa shape index (κ3) is 4.34. The maximum absolute atomic E-state index is 4.79. The summed E-state index contributed by atoms with van der Waals surface area (Å²) in [5.41, 5.74) is 2.45. The van der Waals surface area contributed by atoms with Crippen LogP contribution in [0.3, 0.4) is 0 Å². The van der Waals surface area contributed by atoms with Crippen LogP contribution < -0.4 is 0 Å². The first-order valence-electron chi connectivity index (χ1n) is 6.25. The molecule has 16 heavy (non-hydrogen) atoms. The maximum atomic E-state index is 4.79. The van der Waals surface area contributed by atoms with Crippen LogP contribution in [0.15, 0.2) is 29.3 Å². The molecule has 0 saturated carbocycles. The van der Waals surface area contributed by atoms with Crippen LogP contribution in [0.5, 0.6) is 0 Å². The van der Waals surface area contributed by atoms with Crippen molar-refractivity contribution in [3.63, 3.8) is 0 Å². The molecule has 0 saturated heterocycles. The van der Waals surface area contributed by atoms with Crippen molar-refractivity contribution in [1.29, 1.82) is 0 Å². The van der Waals surface area contributed by atoms with E-state index in [0.717, 1.165) is 12.8 Å². The highest BCUT2D eigenvalue weighted by Crippen LogP contribution is 2.30. The number of rotatable bonds is 6. The molecule has 0 aliphatic carbocycles. The minimum atomic E-state index is 0.0699. The number of allylic oxidation sites excluding steroid dienone is 2. The molecule has 0 radical (unpaired) electrons. The van der Waals surface area contributed by atoms with E-state index in [0.29, 0.717) is 0 Å². The molecule has 0 aromatic rings. The van der Waals surface area contributed by atoms with E-state index in [4.69, 9.17) is 4.99 Å². The molecule has 0 amide bonds. The van der Waals surface area contributed by atoms with E-state index in [-0.39, 0.29) is 11.5 Å². The summed E-state index contributed by atoms with van der Waals surface area (Å²) in [7, 11) is 0. The highest BCUT2D eigenvalue weighted by molar-refractivity contribution is 5.94. The van der Waals surface area contributed by atoms with E-state index in [2.05, 4.69) is 60.3 Å². The highest BCUT2D eigenvalue weighted by Gasteiger charge is 2.26. The van der Waals surface area contributed by atoms with Gasteiger partial charge in [-0.2, -0.15) is 0 Å². The molecule has 1 nitrogen and oxygen atoms in total. The molecule has 0 aliphatic heterocycles. The highest BCUT2D eigenvalue weighted by atomic mass is 14.8. The van der Waals surface area contributed by atoms with Gasteiger partial charge in [0.2, 0.25) is 0 Å². The molecule has 0 rings (SSSR count). The molecule has 1 atom stereocenters. The quantitative estimate of drug-likeness (QED) is 0.451. The number of nitrogens with zero attached hydrogens (tertiary/aromatic N) is 1. The Morgan fingerprint density at radius 2 is 1.94 bits per heavy atom. The average molecular weight is 221 g/mol. The fourth-order valence-electron chi connectivity index (χ4n) is 1.27. The number of hydrogen-bond donors (Lipinski definition) is 0. The van der Waals surface area contributed by atoms with Crippen LogP contribution in [0.4, 0.5) is 0 Å². The second-order valence-corrected chi connectivity index (χ2v) is 4.96. The molecule has 0 spiro atoms. The summed E-state index contributed by atoms with van der Waals surface area (Å²) >= 11 is 0. The van der Waals surface area contributed by atoms with Gasteiger partial charge in [-0.15, -0.1) is 0 Å². The third-order valence-electron chi connectivity index (χ3n) is 3.41. The fraction of sp³-hybridized carbons (Fsp3) is 0.667. The Morgan fingerprint density at radius 1 is 1.38 bits per heavy atom. The van der Waals surface area contributed by atoms with Crippen molar-refractivity contribution in [2.75, 3.05) is 0 Å². The topological polar surface area (TPSA) is 12.4 Å². The van der Waals surface area contributed by atoms with Gasteiger partial charge in [0.25, 0.3) is 0 Å². The predicted octanol–water partition coefficient (Wildman–Crippen LogP) is 4.79. The Balaban J connectivity index is 4.84. The summed E-state index contributed by atoms with van der Waals surface area (Å²) in [5, 5.41) is 0. The first-order chi connectivity index (χ1) is 7.36. The van der Waals surface area contributed by atoms with Crippen LogP contribution in [0.25, 0.3) is 0 Å². The average Bonchev–Trinajstić information content (AvgIpc) is 2.23. The largest absolute Gasteiger partial charge is 0.286 e. The van der Waals surface area contributed by atoms with E-state index < -0.39 is 0 Å². The molecule has 1 heteroatoms. The van der Waals surface area contributed by atoms with E-state index in [1.165, 1.54) is 11.3 Å². The van der Waals surface area contributed by atoms with Gasteiger partial charge in [0.15, 0.2) is 0 Å². The van der Waals surface area contributed by atoms with Crippen molar-refractivity contribution >= 4 is 5.71 Å². The molecule has 0 aromatic heterocycles. The third-order valence-corrected chi connectivity index (χ3v) is 3.41. The monoisotopic (exact) mass is 221 g/mol. The van der Waals surface area contributed by atoms with Crippen LogP contribution in [0.2, 0.25) is 0 Å². The van der Waals surface area contributed by atoms with Crippen LogP contribution in [0.1, 0.15) is 54.4 Å². The Morgan fingerprint density at radius 3 is 2.31 bits per heavy atom. The minimum absolute atomic E-state index is 0.0699. The normalized spacial score (nSPS) is 15.5. The Kier molecular flexibility index (Phi) is 6.32. The summed E-state index contributed by atoms with van der Waals surface area (Å²) in [6.45, 7) is 17.0. The lowest BCUT2D eigenvalue weighted by atomic mass is 9.80. The van der Waals surface area contributed by atoms with E-state index in [1.54, 1.807) is 0 Å². The summed E-state index contributed by atoms with van der Waals surface area (Å²) in [6.07, 6.45) is 6.37. The second-order valence-electron chi connectivity index (χ2n) is 4.96. The van der Waals surface area contributed by atoms with Gasteiger partial charge in [-0.3, -0.25) is 4.99 Å². The summed E-state index contributed by atoms with van der Waals surface area (Å²) in [4.78, 5) is 4.79. The van der Waals surface area contributed by atoms with Crippen molar-refractivity contribution in [3.05, 3.63) is 24.3 Å². The van der Waals surface area contributed by atoms with Crippen molar-refractivity contribution < 1.29 is 0 Å². The lowest BCUT2D eigenvalue weighted by Crippen LogP contribution is -2.26. The van der Waals surface area contributed by atoms with Gasteiger partial charge in [0.1, 0.15) is 0 Å². The summed E-state index contributed by atoms with van der Waals surface area (Å²) in [6, 6.07) is 0.279. The van der Waals surface area contributed by atoms with Crippen LogP contribution in [0, 0.1) is 5.41 Å². The Labute approximate surface area is 101 Å². The van der Waals surface area contributed by atoms with Crippen molar-refractivity contribution in [3.8, 4) is 0 Å². The van der Waals surface area contributed by atoms with E-state index in [9.17, 15) is 0 Å². The van der Waals surface area contributed by atoms with Gasteiger partial charge in [0, 0.05) is 11.1 Å². The summed E-state index contributed by atoms with van der Waals surface area (Å²) in [5.74, 6) is 0. The van der Waals surface area contributed by atoms with Gasteiger partial charge >= 0.3 is 0 Å². The van der Waals surface area contributed by atoms with Crippen LogP contribution >= 0.6 is 0 Å². The van der Waals surface area contributed by atoms with Gasteiger partial charge in [-0.05, 0) is 32.8 Å². The standard InChI is InChI=1S/C15H27N/c1-8-10-11-14(9-2)16-13(5)15(6,7)12(3)4/h10-11,13H,3,8-9H2,1-2,4-7H3/b11-10-,16-14-. The van der Waals surface area contributed by atoms with E-state index in [1.807, 2.05) is 0 Å². The molecular weight excluding hydrogens is 194 g/mol. The van der Waals surface area contributed by atoms with Crippen molar-refractivity contribution in [2.45, 2.75) is 60.4 Å². The lowest BCUT2D eigenvalue weighted by molar-refractivity contribution is 0.371. The van der Waals surface area contributed by atoms with Gasteiger partial charge in [-0.1, -0.05) is 45.9 Å². The smallest absolute Gasteiger partial charge is 0.0562 e. The van der Waals surface area contributed by atoms with Crippen LogP contribution in [-0.2, 0) is 0 Å². The van der Waals surface area contributed by atoms with Gasteiger partial charge in [0.05, 0.1) is 6.04 Å². The van der Waals surface area contributed by atoms with Crippen molar-refractivity contribution in [2.24, 2.45) is 10.4 Å². The molecule has 0 bridgehead atoms. The predicted molar refractivity (Wildman–Crippen MR) is 75.2 cm³/mol. The molecule has 0 aromatic carbocycles. The van der Waals surface area contributed by atoms with Crippen LogP contribution in [-0.4, -0.2) is 11.8 Å². The Hall–Kier alpha value is -0.850. The minimum Gasteiger partial charge on any atom is -0.286 e. The molecule has 1 unspecified atom stereocenters. The molecule has 0 N–H and O–H groups in total. The zero-order valence-corrected chi connectivity index (χ0v) is 11.8. The first-order valence-corrected chi connectivity index (χ1v) is 6.25. The molecule has 0 aliphatic rings. The van der Waals surface area contributed by atoms with Gasteiger partial charge < -0.3 is 0 Å². The molecule has 92 valence electrons. The lowest BCUT2D eigenvalue weighted by Gasteiger charge is -2.30. The zero-order valence-electron chi connectivity index (χ0n) is 11.8. The Bertz CT molecular complexity index is 282. The molecular formula is C15H27N. The van der Waals surface area contributed by atoms with Crippen molar-refractivity contribution in [1.82, 2.24) is 0 Å². The fourth-order valence-corrected chi connectivity index (χ4v) is 1.27.